The molecule has 1 nitrogen and oxygen atoms in total. The van der Waals surface area contributed by atoms with Crippen LogP contribution >= 0.6 is 0 Å². The molecule has 1 heteroatoms. The molecule has 1 rings (SSSR count). The van der Waals surface area contributed by atoms with Gasteiger partial charge in [-0.25, -0.2) is 0 Å². The highest BCUT2D eigenvalue weighted by Gasteiger charge is 2.21. The second-order valence-electron chi connectivity index (χ2n) is 4.15. The van der Waals surface area contributed by atoms with Gasteiger partial charge in [-0.3, -0.25) is 0 Å². The molecule has 0 spiro atoms. The van der Waals surface area contributed by atoms with E-state index in [9.17, 15) is 0 Å². The van der Waals surface area contributed by atoms with Gasteiger partial charge < -0.3 is 5.32 Å². The van der Waals surface area contributed by atoms with Crippen LogP contribution in [0.2, 0.25) is 0 Å². The Morgan fingerprint density at radius 2 is 2.10 bits per heavy atom. The van der Waals surface area contributed by atoms with Crippen molar-refractivity contribution in [3.63, 3.8) is 0 Å². The van der Waals surface area contributed by atoms with Crippen molar-refractivity contribution in [3.05, 3.63) is 11.8 Å². The van der Waals surface area contributed by atoms with Crippen LogP contribution in [0.15, 0.2) is 11.8 Å². The molecule has 0 aromatic rings. The van der Waals surface area contributed by atoms with E-state index < -0.39 is 0 Å². The number of allylic oxidation sites excluding steroid dienone is 1. The Balaban J connectivity index is 2.60. The van der Waals surface area contributed by atoms with Crippen molar-refractivity contribution >= 4 is 0 Å². The van der Waals surface area contributed by atoms with Crippen LogP contribution in [-0.4, -0.2) is 6.04 Å². The van der Waals surface area contributed by atoms with Crippen LogP contribution in [-0.2, 0) is 0 Å². The minimum atomic E-state index is 0.310. The van der Waals surface area contributed by atoms with Crippen LogP contribution in [0.4, 0.5) is 0 Å². The molecule has 0 aliphatic carbocycles. The molecule has 10 heavy (non-hydrogen) atoms. The number of hydrogen-bond donors (Lipinski definition) is 1. The first-order valence-corrected chi connectivity index (χ1v) is 3.97. The lowest BCUT2D eigenvalue weighted by atomic mass is 9.92. The highest BCUT2D eigenvalue weighted by Crippen LogP contribution is 2.27. The first-order valence-electron chi connectivity index (χ1n) is 3.97. The van der Waals surface area contributed by atoms with Gasteiger partial charge in [0.1, 0.15) is 0 Å². The largest absolute Gasteiger partial charge is 0.385 e. The Labute approximate surface area is 63.5 Å². The smallest absolute Gasteiger partial charge is 0.0265 e. The molecule has 0 radical (unpaired) electrons. The van der Waals surface area contributed by atoms with Crippen LogP contribution in [0.1, 0.15) is 34.1 Å². The molecule has 0 aromatic heterocycles. The van der Waals surface area contributed by atoms with Gasteiger partial charge in [-0.2, -0.15) is 0 Å². The third-order valence-electron chi connectivity index (χ3n) is 1.89. The zero-order valence-electron chi connectivity index (χ0n) is 7.36. The molecular formula is C9H17N. The fraction of sp³-hybridized carbons (Fsp3) is 0.778. The number of hydrogen-bond acceptors (Lipinski definition) is 1. The molecule has 0 fully saturated rings. The van der Waals surface area contributed by atoms with E-state index in [1.165, 1.54) is 12.1 Å². The molecule has 1 aliphatic rings. The molecule has 1 aliphatic heterocycles. The SMILES string of the molecule is CC1CC=C(C(C)(C)C)N1. The van der Waals surface area contributed by atoms with Gasteiger partial charge in [-0.15, -0.1) is 0 Å². The summed E-state index contributed by atoms with van der Waals surface area (Å²) in [5, 5.41) is 3.45. The van der Waals surface area contributed by atoms with Crippen molar-refractivity contribution in [1.82, 2.24) is 5.32 Å². The van der Waals surface area contributed by atoms with Crippen molar-refractivity contribution < 1.29 is 0 Å². The van der Waals surface area contributed by atoms with Crippen LogP contribution in [0.3, 0.4) is 0 Å². The van der Waals surface area contributed by atoms with Crippen molar-refractivity contribution in [2.24, 2.45) is 5.41 Å². The molecule has 0 bridgehead atoms. The van der Waals surface area contributed by atoms with Crippen LogP contribution in [0.25, 0.3) is 0 Å². The van der Waals surface area contributed by atoms with E-state index >= 15 is 0 Å². The number of nitrogens with one attached hydrogen (secondary N) is 1. The molecule has 1 N–H and O–H groups in total. The maximum absolute atomic E-state index is 3.45. The first-order chi connectivity index (χ1) is 4.50. The van der Waals surface area contributed by atoms with Crippen molar-refractivity contribution in [1.29, 1.82) is 0 Å². The molecule has 1 heterocycles. The Kier molecular flexibility index (Phi) is 1.76. The highest BCUT2D eigenvalue weighted by molar-refractivity contribution is 5.15. The third-order valence-corrected chi connectivity index (χ3v) is 1.89. The van der Waals surface area contributed by atoms with Gasteiger partial charge in [0.2, 0.25) is 0 Å². The van der Waals surface area contributed by atoms with Gasteiger partial charge in [0.05, 0.1) is 0 Å². The predicted molar refractivity (Wildman–Crippen MR) is 44.8 cm³/mol. The van der Waals surface area contributed by atoms with Gasteiger partial charge in [-0.1, -0.05) is 26.8 Å². The summed E-state index contributed by atoms with van der Waals surface area (Å²) >= 11 is 0. The Bertz CT molecular complexity index is 151. The summed E-state index contributed by atoms with van der Waals surface area (Å²) < 4.78 is 0. The Morgan fingerprint density at radius 1 is 1.50 bits per heavy atom. The normalized spacial score (nSPS) is 26.0. The fourth-order valence-electron chi connectivity index (χ4n) is 1.20. The monoisotopic (exact) mass is 139 g/mol. The summed E-state index contributed by atoms with van der Waals surface area (Å²) in [6, 6.07) is 0.647. The minimum Gasteiger partial charge on any atom is -0.385 e. The fourth-order valence-corrected chi connectivity index (χ4v) is 1.20. The lowest BCUT2D eigenvalue weighted by Crippen LogP contribution is -2.25. The molecule has 1 atom stereocenters. The average molecular weight is 139 g/mol. The van der Waals surface area contributed by atoms with E-state index in [-0.39, 0.29) is 0 Å². The van der Waals surface area contributed by atoms with Crippen LogP contribution in [0.5, 0.6) is 0 Å². The molecule has 1 unspecified atom stereocenters. The standard InChI is InChI=1S/C9H17N/c1-7-5-6-8(10-7)9(2,3)4/h6-7,10H,5H2,1-4H3. The minimum absolute atomic E-state index is 0.310. The van der Waals surface area contributed by atoms with Crippen molar-refractivity contribution in [2.45, 2.75) is 40.2 Å². The Morgan fingerprint density at radius 3 is 2.30 bits per heavy atom. The zero-order chi connectivity index (χ0) is 7.78. The predicted octanol–water partition coefficient (Wildman–Crippen LogP) is 2.30. The van der Waals surface area contributed by atoms with Gasteiger partial charge in [0.25, 0.3) is 0 Å². The highest BCUT2D eigenvalue weighted by atomic mass is 15.0. The molecule has 0 aromatic carbocycles. The van der Waals surface area contributed by atoms with Gasteiger partial charge in [-0.05, 0) is 13.3 Å². The summed E-state index contributed by atoms with van der Waals surface area (Å²) in [6.45, 7) is 8.94. The molecule has 58 valence electrons. The van der Waals surface area contributed by atoms with E-state index in [2.05, 4.69) is 39.1 Å². The van der Waals surface area contributed by atoms with E-state index in [1.807, 2.05) is 0 Å². The van der Waals surface area contributed by atoms with E-state index in [1.54, 1.807) is 0 Å². The van der Waals surface area contributed by atoms with E-state index in [0.717, 1.165) is 0 Å². The molecule has 0 saturated heterocycles. The topological polar surface area (TPSA) is 12.0 Å². The zero-order valence-corrected chi connectivity index (χ0v) is 7.36. The second kappa shape index (κ2) is 2.30. The lowest BCUT2D eigenvalue weighted by Gasteiger charge is -2.22. The molecule has 0 saturated carbocycles. The van der Waals surface area contributed by atoms with Crippen molar-refractivity contribution in [3.8, 4) is 0 Å². The van der Waals surface area contributed by atoms with E-state index in [4.69, 9.17) is 0 Å². The van der Waals surface area contributed by atoms with Crippen molar-refractivity contribution in [2.75, 3.05) is 0 Å². The van der Waals surface area contributed by atoms with Gasteiger partial charge in [0.15, 0.2) is 0 Å². The average Bonchev–Trinajstić information content (AvgIpc) is 2.11. The summed E-state index contributed by atoms with van der Waals surface area (Å²) in [5.41, 5.74) is 1.71. The van der Waals surface area contributed by atoms with E-state index in [0.29, 0.717) is 11.5 Å². The third kappa shape index (κ3) is 1.53. The maximum atomic E-state index is 3.45. The van der Waals surface area contributed by atoms with Gasteiger partial charge in [0, 0.05) is 17.2 Å². The number of rotatable bonds is 0. The first kappa shape index (κ1) is 7.64. The summed E-state index contributed by atoms with van der Waals surface area (Å²) in [7, 11) is 0. The van der Waals surface area contributed by atoms with Crippen LogP contribution in [0, 0.1) is 5.41 Å². The lowest BCUT2D eigenvalue weighted by molar-refractivity contribution is 0.457. The van der Waals surface area contributed by atoms with Gasteiger partial charge >= 0.3 is 0 Å². The molecular weight excluding hydrogens is 122 g/mol. The quantitative estimate of drug-likeness (QED) is 0.543. The Hall–Kier alpha value is -0.460. The molecule has 0 amide bonds. The summed E-state index contributed by atoms with van der Waals surface area (Å²) in [4.78, 5) is 0. The summed E-state index contributed by atoms with van der Waals surface area (Å²) in [6.07, 6.45) is 3.50. The summed E-state index contributed by atoms with van der Waals surface area (Å²) in [5.74, 6) is 0. The second-order valence-corrected chi connectivity index (χ2v) is 4.15. The van der Waals surface area contributed by atoms with Crippen LogP contribution < -0.4 is 5.32 Å². The maximum Gasteiger partial charge on any atom is 0.0265 e.